The highest BCUT2D eigenvalue weighted by atomic mass is 127. The molecule has 1 aliphatic rings. The lowest BCUT2D eigenvalue weighted by Gasteiger charge is -2.20. The van der Waals surface area contributed by atoms with Crippen LogP contribution in [-0.2, 0) is 6.54 Å². The number of guanidine groups is 1. The van der Waals surface area contributed by atoms with E-state index < -0.39 is 0 Å². The van der Waals surface area contributed by atoms with Gasteiger partial charge in [0, 0.05) is 31.4 Å². The number of benzene rings is 2. The Hall–Kier alpha value is -1.83. The van der Waals surface area contributed by atoms with Crippen molar-refractivity contribution in [3.8, 4) is 0 Å². The van der Waals surface area contributed by atoms with Crippen molar-refractivity contribution >= 4 is 35.6 Å². The first-order valence-corrected chi connectivity index (χ1v) is 8.84. The molecule has 2 aromatic rings. The van der Waals surface area contributed by atoms with Crippen molar-refractivity contribution in [3.63, 3.8) is 0 Å². The van der Waals surface area contributed by atoms with Gasteiger partial charge < -0.3 is 15.5 Å². The standard InChI is InChI=1S/C20H25FN4.HI/c1-2-22-20(23-14-16-8-10-17(21)11-9-16)24-18-12-13-25(15-18)19-6-4-3-5-7-19;/h3-11,18H,2,12-15H2,1H3,(H2,22,23,24);1H. The van der Waals surface area contributed by atoms with Gasteiger partial charge in [-0.3, -0.25) is 0 Å². The summed E-state index contributed by atoms with van der Waals surface area (Å²) in [5.41, 5.74) is 2.26. The van der Waals surface area contributed by atoms with E-state index in [1.807, 2.05) is 6.07 Å². The molecule has 1 saturated heterocycles. The highest BCUT2D eigenvalue weighted by Gasteiger charge is 2.23. The summed E-state index contributed by atoms with van der Waals surface area (Å²) in [6, 6.07) is 17.3. The van der Waals surface area contributed by atoms with Gasteiger partial charge in [0.05, 0.1) is 6.54 Å². The molecule has 6 heteroatoms. The Morgan fingerprint density at radius 1 is 1.15 bits per heavy atom. The van der Waals surface area contributed by atoms with Crippen molar-refractivity contribution in [2.24, 2.45) is 4.99 Å². The zero-order valence-corrected chi connectivity index (χ0v) is 17.3. The van der Waals surface area contributed by atoms with Gasteiger partial charge >= 0.3 is 0 Å². The van der Waals surface area contributed by atoms with Crippen molar-refractivity contribution in [1.82, 2.24) is 10.6 Å². The minimum absolute atomic E-state index is 0. The van der Waals surface area contributed by atoms with Crippen LogP contribution in [0.4, 0.5) is 10.1 Å². The van der Waals surface area contributed by atoms with Gasteiger partial charge in [0.25, 0.3) is 0 Å². The normalized spacial score (nSPS) is 16.9. The second kappa shape index (κ2) is 10.4. The molecule has 1 heterocycles. The van der Waals surface area contributed by atoms with Crippen molar-refractivity contribution in [3.05, 3.63) is 66.0 Å². The second-order valence-corrected chi connectivity index (χ2v) is 6.23. The molecule has 0 radical (unpaired) electrons. The first-order chi connectivity index (χ1) is 12.2. The number of hydrogen-bond donors (Lipinski definition) is 2. The molecule has 0 bridgehead atoms. The average molecular weight is 468 g/mol. The molecule has 1 unspecified atom stereocenters. The average Bonchev–Trinajstić information content (AvgIpc) is 3.10. The summed E-state index contributed by atoms with van der Waals surface area (Å²) in [5, 5.41) is 6.81. The van der Waals surface area contributed by atoms with E-state index in [0.29, 0.717) is 12.6 Å². The number of rotatable bonds is 5. The molecule has 0 aromatic heterocycles. The third kappa shape index (κ3) is 5.86. The Morgan fingerprint density at radius 2 is 1.88 bits per heavy atom. The lowest BCUT2D eigenvalue weighted by molar-refractivity contribution is 0.627. The van der Waals surface area contributed by atoms with Gasteiger partial charge in [-0.25, -0.2) is 9.38 Å². The molecule has 1 atom stereocenters. The Balaban J connectivity index is 0.00000243. The van der Waals surface area contributed by atoms with E-state index in [0.717, 1.165) is 37.6 Å². The zero-order valence-electron chi connectivity index (χ0n) is 15.0. The summed E-state index contributed by atoms with van der Waals surface area (Å²) in [4.78, 5) is 7.02. The maximum absolute atomic E-state index is 13.0. The molecule has 0 saturated carbocycles. The molecule has 26 heavy (non-hydrogen) atoms. The van der Waals surface area contributed by atoms with Crippen LogP contribution in [0.25, 0.3) is 0 Å². The van der Waals surface area contributed by atoms with Crippen molar-refractivity contribution in [1.29, 1.82) is 0 Å². The lowest BCUT2D eigenvalue weighted by Crippen LogP contribution is -2.44. The van der Waals surface area contributed by atoms with Gasteiger partial charge in [-0.15, -0.1) is 24.0 Å². The fourth-order valence-corrected chi connectivity index (χ4v) is 3.02. The minimum Gasteiger partial charge on any atom is -0.369 e. The first-order valence-electron chi connectivity index (χ1n) is 8.84. The number of hydrogen-bond acceptors (Lipinski definition) is 2. The molecular formula is C20H26FIN4. The summed E-state index contributed by atoms with van der Waals surface area (Å²) in [5.74, 6) is 0.594. The highest BCUT2D eigenvalue weighted by molar-refractivity contribution is 14.0. The Kier molecular flexibility index (Phi) is 8.15. The molecule has 140 valence electrons. The third-order valence-corrected chi connectivity index (χ3v) is 4.33. The van der Waals surface area contributed by atoms with Crippen LogP contribution in [0.1, 0.15) is 18.9 Å². The first kappa shape index (κ1) is 20.5. The molecule has 1 aliphatic heterocycles. The zero-order chi connectivity index (χ0) is 17.5. The summed E-state index contributed by atoms with van der Waals surface area (Å²) in [7, 11) is 0. The maximum Gasteiger partial charge on any atom is 0.191 e. The highest BCUT2D eigenvalue weighted by Crippen LogP contribution is 2.19. The van der Waals surface area contributed by atoms with Crippen LogP contribution in [-0.4, -0.2) is 31.6 Å². The molecular weight excluding hydrogens is 442 g/mol. The number of para-hydroxylation sites is 1. The number of nitrogens with zero attached hydrogens (tertiary/aromatic N) is 2. The molecule has 4 nitrogen and oxygen atoms in total. The molecule has 0 amide bonds. The van der Waals surface area contributed by atoms with Crippen LogP contribution >= 0.6 is 24.0 Å². The van der Waals surface area contributed by atoms with Crippen LogP contribution in [0.5, 0.6) is 0 Å². The molecule has 3 rings (SSSR count). The number of nitrogens with one attached hydrogen (secondary N) is 2. The van der Waals surface area contributed by atoms with Crippen molar-refractivity contribution < 1.29 is 4.39 Å². The predicted octanol–water partition coefficient (Wildman–Crippen LogP) is 3.78. The number of anilines is 1. The van der Waals surface area contributed by atoms with Gasteiger partial charge in [-0.1, -0.05) is 30.3 Å². The molecule has 0 aliphatic carbocycles. The Labute approximate surface area is 171 Å². The van der Waals surface area contributed by atoms with Crippen LogP contribution in [0, 0.1) is 5.82 Å². The van der Waals surface area contributed by atoms with Crippen LogP contribution in [0.2, 0.25) is 0 Å². The third-order valence-electron chi connectivity index (χ3n) is 4.33. The van der Waals surface area contributed by atoms with Gasteiger partial charge in [0.2, 0.25) is 0 Å². The largest absolute Gasteiger partial charge is 0.369 e. The van der Waals surface area contributed by atoms with E-state index >= 15 is 0 Å². The van der Waals surface area contributed by atoms with E-state index in [9.17, 15) is 4.39 Å². The van der Waals surface area contributed by atoms with Crippen LogP contribution in [0.3, 0.4) is 0 Å². The van der Waals surface area contributed by atoms with Gasteiger partial charge in [0.15, 0.2) is 5.96 Å². The predicted molar refractivity (Wildman–Crippen MR) is 117 cm³/mol. The minimum atomic E-state index is -0.218. The van der Waals surface area contributed by atoms with E-state index in [1.54, 1.807) is 12.1 Å². The van der Waals surface area contributed by atoms with Gasteiger partial charge in [-0.2, -0.15) is 0 Å². The summed E-state index contributed by atoms with van der Waals surface area (Å²) >= 11 is 0. The fourth-order valence-electron chi connectivity index (χ4n) is 3.02. The summed E-state index contributed by atoms with van der Waals surface area (Å²) in [6.07, 6.45) is 1.08. The van der Waals surface area contributed by atoms with E-state index in [2.05, 4.69) is 51.7 Å². The topological polar surface area (TPSA) is 39.7 Å². The van der Waals surface area contributed by atoms with Crippen molar-refractivity contribution in [2.75, 3.05) is 24.5 Å². The van der Waals surface area contributed by atoms with E-state index in [1.165, 1.54) is 17.8 Å². The van der Waals surface area contributed by atoms with Crippen molar-refractivity contribution in [2.45, 2.75) is 25.9 Å². The monoisotopic (exact) mass is 468 g/mol. The van der Waals surface area contributed by atoms with E-state index in [-0.39, 0.29) is 29.8 Å². The summed E-state index contributed by atoms with van der Waals surface area (Å²) in [6.45, 7) is 5.40. The van der Waals surface area contributed by atoms with Gasteiger partial charge in [-0.05, 0) is 43.2 Å². The molecule has 1 fully saturated rings. The molecule has 2 aromatic carbocycles. The van der Waals surface area contributed by atoms with E-state index in [4.69, 9.17) is 0 Å². The number of aliphatic imine (C=N–C) groups is 1. The van der Waals surface area contributed by atoms with Gasteiger partial charge in [0.1, 0.15) is 5.82 Å². The maximum atomic E-state index is 13.0. The Bertz CT molecular complexity index is 691. The fraction of sp³-hybridized carbons (Fsp3) is 0.350. The second-order valence-electron chi connectivity index (χ2n) is 6.23. The van der Waals surface area contributed by atoms with Crippen LogP contribution < -0.4 is 15.5 Å². The lowest BCUT2D eigenvalue weighted by atomic mass is 10.2. The SMILES string of the molecule is CCNC(=NCc1ccc(F)cc1)NC1CCN(c2ccccc2)C1.I. The number of halogens is 2. The smallest absolute Gasteiger partial charge is 0.191 e. The summed E-state index contributed by atoms with van der Waals surface area (Å²) < 4.78 is 13.0. The molecule has 0 spiro atoms. The quantitative estimate of drug-likeness (QED) is 0.399. The molecule has 2 N–H and O–H groups in total. The Morgan fingerprint density at radius 3 is 2.58 bits per heavy atom. The van der Waals surface area contributed by atoms with Crippen LogP contribution in [0.15, 0.2) is 59.6 Å².